The molecule has 40 heavy (non-hydrogen) atoms. The third-order valence-corrected chi connectivity index (χ3v) is 8.36. The standard InChI is InChI=1S/C27H31ClN6O6/c1-14-23(39-17-9-15-3-4-18(26(35)36)19(15)10-17)6-5-21(30-14)24-22(34(2)33-32-24)13-38-27-29-11-20(28)25(31-27)40-16-7-8-37-12-16/h5-6,11,15-19H,3-4,7-10,12-13H2,1-2H3,(H,35,36)/t15-,16-,17-,18-,19+/m0/s1. The first kappa shape index (κ1) is 26.7. The van der Waals surface area contributed by atoms with Crippen molar-refractivity contribution >= 4 is 17.6 Å². The van der Waals surface area contributed by atoms with E-state index in [0.29, 0.717) is 47.0 Å². The van der Waals surface area contributed by atoms with Gasteiger partial charge in [0.1, 0.15) is 34.9 Å². The molecule has 0 bridgehead atoms. The van der Waals surface area contributed by atoms with Gasteiger partial charge in [0.25, 0.3) is 0 Å². The summed E-state index contributed by atoms with van der Waals surface area (Å²) >= 11 is 6.22. The summed E-state index contributed by atoms with van der Waals surface area (Å²) in [7, 11) is 1.78. The Balaban J connectivity index is 1.12. The molecule has 212 valence electrons. The van der Waals surface area contributed by atoms with Crippen molar-refractivity contribution < 1.29 is 28.8 Å². The van der Waals surface area contributed by atoms with Crippen molar-refractivity contribution in [2.75, 3.05) is 13.2 Å². The number of aromatic nitrogens is 6. The molecule has 6 rings (SSSR count). The summed E-state index contributed by atoms with van der Waals surface area (Å²) in [5.41, 5.74) is 2.62. The van der Waals surface area contributed by atoms with Crippen LogP contribution in [0.15, 0.2) is 18.3 Å². The third-order valence-electron chi connectivity index (χ3n) is 8.10. The van der Waals surface area contributed by atoms with E-state index in [1.807, 2.05) is 19.1 Å². The van der Waals surface area contributed by atoms with Crippen LogP contribution in [0.25, 0.3) is 11.4 Å². The number of aryl methyl sites for hydroxylation is 2. The number of hydrogen-bond donors (Lipinski definition) is 1. The number of nitrogens with zero attached hydrogens (tertiary/aromatic N) is 6. The fourth-order valence-corrected chi connectivity index (χ4v) is 6.18. The Morgan fingerprint density at radius 2 is 2.05 bits per heavy atom. The van der Waals surface area contributed by atoms with Crippen LogP contribution in [0.3, 0.4) is 0 Å². The topological polar surface area (TPSA) is 144 Å². The predicted octanol–water partition coefficient (Wildman–Crippen LogP) is 3.64. The number of carboxylic acids is 1. The predicted molar refractivity (Wildman–Crippen MR) is 141 cm³/mol. The summed E-state index contributed by atoms with van der Waals surface area (Å²) in [4.78, 5) is 24.8. The van der Waals surface area contributed by atoms with E-state index in [1.165, 1.54) is 6.20 Å². The van der Waals surface area contributed by atoms with Crippen molar-refractivity contribution in [2.45, 2.75) is 57.8 Å². The molecule has 3 aromatic heterocycles. The summed E-state index contributed by atoms with van der Waals surface area (Å²) < 4.78 is 25.0. The minimum absolute atomic E-state index is 0.00146. The molecule has 12 nitrogen and oxygen atoms in total. The molecule has 5 atom stereocenters. The van der Waals surface area contributed by atoms with E-state index in [2.05, 4.69) is 20.3 Å². The van der Waals surface area contributed by atoms with E-state index in [4.69, 9.17) is 35.5 Å². The second kappa shape index (κ2) is 11.2. The molecule has 0 spiro atoms. The van der Waals surface area contributed by atoms with Crippen molar-refractivity contribution in [3.8, 4) is 29.0 Å². The average molecular weight is 571 g/mol. The fourth-order valence-electron chi connectivity index (χ4n) is 6.05. The van der Waals surface area contributed by atoms with Crippen molar-refractivity contribution in [3.63, 3.8) is 0 Å². The van der Waals surface area contributed by atoms with Gasteiger partial charge in [0, 0.05) is 13.5 Å². The van der Waals surface area contributed by atoms with Gasteiger partial charge in [0.15, 0.2) is 0 Å². The molecule has 0 amide bonds. The Morgan fingerprint density at radius 3 is 2.83 bits per heavy atom. The lowest BCUT2D eigenvalue weighted by Gasteiger charge is -2.18. The molecular formula is C27H31ClN6O6. The van der Waals surface area contributed by atoms with Crippen LogP contribution in [0.1, 0.15) is 43.5 Å². The number of carbonyl (C=O) groups is 1. The molecule has 3 aromatic rings. The summed E-state index contributed by atoms with van der Waals surface area (Å²) in [6.07, 6.45) is 5.48. The first-order chi connectivity index (χ1) is 19.4. The number of fused-ring (bicyclic) bond motifs is 1. The Kier molecular flexibility index (Phi) is 7.45. The molecule has 13 heteroatoms. The molecule has 1 N–H and O–H groups in total. The van der Waals surface area contributed by atoms with Gasteiger partial charge in [0.2, 0.25) is 5.88 Å². The lowest BCUT2D eigenvalue weighted by molar-refractivity contribution is -0.143. The molecule has 1 aliphatic heterocycles. The maximum Gasteiger partial charge on any atom is 0.320 e. The zero-order valence-corrected chi connectivity index (χ0v) is 23.1. The highest BCUT2D eigenvalue weighted by Crippen LogP contribution is 2.48. The van der Waals surface area contributed by atoms with E-state index in [-0.39, 0.29) is 42.5 Å². The number of halogens is 1. The van der Waals surface area contributed by atoms with E-state index in [9.17, 15) is 9.90 Å². The van der Waals surface area contributed by atoms with E-state index in [1.54, 1.807) is 11.7 Å². The number of ether oxygens (including phenoxy) is 4. The summed E-state index contributed by atoms with van der Waals surface area (Å²) in [6, 6.07) is 3.85. The van der Waals surface area contributed by atoms with Crippen LogP contribution >= 0.6 is 11.6 Å². The van der Waals surface area contributed by atoms with Gasteiger partial charge in [-0.2, -0.15) is 4.98 Å². The first-order valence-electron chi connectivity index (χ1n) is 13.5. The fraction of sp³-hybridized carbons (Fsp3) is 0.556. The van der Waals surface area contributed by atoms with Gasteiger partial charge in [-0.1, -0.05) is 16.8 Å². The maximum absolute atomic E-state index is 11.6. The molecule has 1 saturated heterocycles. The maximum atomic E-state index is 11.6. The molecule has 4 heterocycles. The average Bonchev–Trinajstić information content (AvgIpc) is 3.71. The van der Waals surface area contributed by atoms with E-state index in [0.717, 1.165) is 37.8 Å². The van der Waals surface area contributed by atoms with Crippen LogP contribution in [-0.4, -0.2) is 66.4 Å². The second-order valence-corrected chi connectivity index (χ2v) is 11.1. The zero-order valence-electron chi connectivity index (χ0n) is 22.3. The number of hydrogen-bond acceptors (Lipinski definition) is 10. The van der Waals surface area contributed by atoms with Crippen LogP contribution in [0, 0.1) is 24.7 Å². The molecule has 3 aliphatic rings. The van der Waals surface area contributed by atoms with Crippen LogP contribution in [-0.2, 0) is 23.2 Å². The zero-order chi connectivity index (χ0) is 27.8. The number of carboxylic acid groups (broad SMARTS) is 1. The molecule has 0 radical (unpaired) electrons. The summed E-state index contributed by atoms with van der Waals surface area (Å²) in [5.74, 6) is 0.622. The van der Waals surface area contributed by atoms with Gasteiger partial charge in [-0.15, -0.1) is 5.10 Å². The van der Waals surface area contributed by atoms with Crippen molar-refractivity contribution in [3.05, 3.63) is 34.7 Å². The Labute approximate surface area is 236 Å². The van der Waals surface area contributed by atoms with Crippen LogP contribution in [0.2, 0.25) is 5.02 Å². The van der Waals surface area contributed by atoms with E-state index < -0.39 is 5.97 Å². The first-order valence-corrected chi connectivity index (χ1v) is 13.9. The monoisotopic (exact) mass is 570 g/mol. The minimum atomic E-state index is -0.685. The SMILES string of the molecule is Cc1nc(-c2nnn(C)c2COc2ncc(Cl)c(O[C@H]3CCOC3)n2)ccc1O[C@H]1C[C@@H]2CC[C@H](C(=O)O)[C@@H]2C1. The highest BCUT2D eigenvalue weighted by atomic mass is 35.5. The third kappa shape index (κ3) is 5.42. The number of rotatable bonds is 9. The van der Waals surface area contributed by atoms with Gasteiger partial charge in [-0.3, -0.25) is 4.79 Å². The highest BCUT2D eigenvalue weighted by Gasteiger charge is 2.47. The van der Waals surface area contributed by atoms with Crippen molar-refractivity contribution in [1.29, 1.82) is 0 Å². The van der Waals surface area contributed by atoms with E-state index >= 15 is 0 Å². The largest absolute Gasteiger partial charge is 0.489 e. The summed E-state index contributed by atoms with van der Waals surface area (Å²) in [5, 5.41) is 18.3. The molecule has 2 aliphatic carbocycles. The Morgan fingerprint density at radius 1 is 1.18 bits per heavy atom. The number of pyridine rings is 1. The molecular weight excluding hydrogens is 540 g/mol. The number of aliphatic carboxylic acids is 1. The van der Waals surface area contributed by atoms with Crippen LogP contribution in [0.4, 0.5) is 0 Å². The van der Waals surface area contributed by atoms with Gasteiger partial charge in [0.05, 0.1) is 42.8 Å². The van der Waals surface area contributed by atoms with Crippen LogP contribution in [0.5, 0.6) is 17.6 Å². The van der Waals surface area contributed by atoms with Crippen molar-refractivity contribution in [2.24, 2.45) is 24.8 Å². The summed E-state index contributed by atoms with van der Waals surface area (Å²) in [6.45, 7) is 3.12. The van der Waals surface area contributed by atoms with Crippen LogP contribution < -0.4 is 14.2 Å². The normalized spacial score (nSPS) is 25.6. The smallest absolute Gasteiger partial charge is 0.320 e. The Hall–Kier alpha value is -3.51. The lowest BCUT2D eigenvalue weighted by atomic mass is 9.92. The second-order valence-electron chi connectivity index (χ2n) is 10.6. The molecule has 0 unspecified atom stereocenters. The lowest BCUT2D eigenvalue weighted by Crippen LogP contribution is -2.21. The van der Waals surface area contributed by atoms with Crippen molar-refractivity contribution in [1.82, 2.24) is 29.9 Å². The highest BCUT2D eigenvalue weighted by molar-refractivity contribution is 6.31. The quantitative estimate of drug-likeness (QED) is 0.402. The van der Waals surface area contributed by atoms with Gasteiger partial charge in [-0.25, -0.2) is 14.6 Å². The Bertz CT molecular complexity index is 1400. The molecule has 3 fully saturated rings. The molecule has 2 saturated carbocycles. The minimum Gasteiger partial charge on any atom is -0.489 e. The molecule has 0 aromatic carbocycles. The van der Waals surface area contributed by atoms with Gasteiger partial charge >= 0.3 is 12.0 Å². The van der Waals surface area contributed by atoms with Gasteiger partial charge in [-0.05, 0) is 56.6 Å². The van der Waals surface area contributed by atoms with Gasteiger partial charge < -0.3 is 24.1 Å².